The Morgan fingerprint density at radius 3 is 2.47 bits per heavy atom. The Balaban J connectivity index is 2.27. The van der Waals surface area contributed by atoms with Crippen molar-refractivity contribution in [2.24, 2.45) is 4.40 Å². The Hall–Kier alpha value is -2.14. The van der Waals surface area contributed by atoms with Gasteiger partial charge in [-0.1, -0.05) is 30.3 Å². The molecule has 0 heterocycles. The van der Waals surface area contributed by atoms with Crippen molar-refractivity contribution in [2.75, 3.05) is 7.11 Å². The van der Waals surface area contributed by atoms with Gasteiger partial charge in [0.2, 0.25) is 0 Å². The van der Waals surface area contributed by atoms with Crippen molar-refractivity contribution in [3.63, 3.8) is 0 Å². The summed E-state index contributed by atoms with van der Waals surface area (Å²) < 4.78 is 32.6. The van der Waals surface area contributed by atoms with E-state index in [9.17, 15) is 8.42 Å². The molecule has 0 bridgehead atoms. The van der Waals surface area contributed by atoms with E-state index in [1.807, 2.05) is 0 Å². The summed E-state index contributed by atoms with van der Waals surface area (Å²) in [7, 11) is -2.10. The molecular formula is C14H13NO3S. The molecule has 0 aliphatic carbocycles. The molecule has 0 saturated heterocycles. The summed E-state index contributed by atoms with van der Waals surface area (Å²) in [6, 6.07) is 15.1. The van der Waals surface area contributed by atoms with Crippen LogP contribution < -0.4 is 4.74 Å². The minimum Gasteiger partial charge on any atom is -0.497 e. The van der Waals surface area contributed by atoms with Gasteiger partial charge in [-0.3, -0.25) is 0 Å². The molecule has 0 amide bonds. The Labute approximate surface area is 112 Å². The maximum absolute atomic E-state index is 11.9. The summed E-state index contributed by atoms with van der Waals surface area (Å²) in [5.41, 5.74) is 0.666. The van der Waals surface area contributed by atoms with Gasteiger partial charge in [0.15, 0.2) is 0 Å². The third-order valence-corrected chi connectivity index (χ3v) is 3.73. The molecule has 0 spiro atoms. The van der Waals surface area contributed by atoms with Crippen molar-refractivity contribution >= 4 is 16.2 Å². The second kappa shape index (κ2) is 5.67. The number of methoxy groups -OCH3 is 1. The normalized spacial score (nSPS) is 11.6. The van der Waals surface area contributed by atoms with Crippen LogP contribution in [0.15, 0.2) is 63.9 Å². The average Bonchev–Trinajstić information content (AvgIpc) is 2.46. The molecule has 0 aliphatic rings. The SMILES string of the molecule is COc1cccc(/C=N/S(=O)(=O)c2ccccc2)c1. The molecule has 19 heavy (non-hydrogen) atoms. The molecular weight excluding hydrogens is 262 g/mol. The average molecular weight is 275 g/mol. The molecule has 0 aromatic heterocycles. The van der Waals surface area contributed by atoms with E-state index < -0.39 is 10.0 Å². The number of hydrogen-bond donors (Lipinski definition) is 0. The van der Waals surface area contributed by atoms with Crippen LogP contribution in [-0.2, 0) is 10.0 Å². The van der Waals surface area contributed by atoms with Gasteiger partial charge in [0.1, 0.15) is 5.75 Å². The highest BCUT2D eigenvalue weighted by molar-refractivity contribution is 7.90. The summed E-state index contributed by atoms with van der Waals surface area (Å²) in [6.07, 6.45) is 1.31. The molecule has 0 fully saturated rings. The van der Waals surface area contributed by atoms with Crippen LogP contribution in [0.1, 0.15) is 5.56 Å². The van der Waals surface area contributed by atoms with Crippen LogP contribution in [0.25, 0.3) is 0 Å². The fourth-order valence-electron chi connectivity index (χ4n) is 1.51. The molecule has 0 atom stereocenters. The van der Waals surface area contributed by atoms with E-state index in [1.54, 1.807) is 49.6 Å². The van der Waals surface area contributed by atoms with Gasteiger partial charge in [0.25, 0.3) is 10.0 Å². The predicted octanol–water partition coefficient (Wildman–Crippen LogP) is 2.50. The Bertz CT molecular complexity index is 679. The van der Waals surface area contributed by atoms with E-state index in [2.05, 4.69) is 4.40 Å². The fourth-order valence-corrected chi connectivity index (χ4v) is 2.39. The summed E-state index contributed by atoms with van der Waals surface area (Å²) in [5.74, 6) is 0.654. The molecule has 2 aromatic rings. The van der Waals surface area contributed by atoms with Crippen LogP contribution in [0.4, 0.5) is 0 Å². The van der Waals surface area contributed by atoms with Crippen LogP contribution in [0, 0.1) is 0 Å². The lowest BCUT2D eigenvalue weighted by Gasteiger charge is -2.00. The zero-order chi connectivity index (χ0) is 13.7. The number of benzene rings is 2. The standard InChI is InChI=1S/C14H13NO3S/c1-18-13-7-5-6-12(10-13)11-15-19(16,17)14-8-3-2-4-9-14/h2-11H,1H3/b15-11+. The molecule has 2 rings (SSSR count). The topological polar surface area (TPSA) is 55.7 Å². The molecule has 4 nitrogen and oxygen atoms in total. The first-order valence-electron chi connectivity index (χ1n) is 5.61. The molecule has 98 valence electrons. The fraction of sp³-hybridized carbons (Fsp3) is 0.0714. The molecule has 0 aliphatic heterocycles. The smallest absolute Gasteiger partial charge is 0.282 e. The van der Waals surface area contributed by atoms with Crippen LogP contribution in [-0.4, -0.2) is 21.7 Å². The third-order valence-electron chi connectivity index (χ3n) is 2.48. The number of sulfonamides is 1. The first kappa shape index (κ1) is 13.3. The second-order valence-corrected chi connectivity index (χ2v) is 5.43. The van der Waals surface area contributed by atoms with Gasteiger partial charge >= 0.3 is 0 Å². The van der Waals surface area contributed by atoms with Gasteiger partial charge in [-0.05, 0) is 29.8 Å². The van der Waals surface area contributed by atoms with E-state index >= 15 is 0 Å². The van der Waals surface area contributed by atoms with Gasteiger partial charge < -0.3 is 4.74 Å². The highest BCUT2D eigenvalue weighted by Gasteiger charge is 2.10. The number of hydrogen-bond acceptors (Lipinski definition) is 3. The largest absolute Gasteiger partial charge is 0.497 e. The molecule has 0 radical (unpaired) electrons. The Morgan fingerprint density at radius 2 is 1.79 bits per heavy atom. The predicted molar refractivity (Wildman–Crippen MR) is 74.2 cm³/mol. The quantitative estimate of drug-likeness (QED) is 0.806. The molecule has 0 unspecified atom stereocenters. The monoisotopic (exact) mass is 275 g/mol. The molecule has 2 aromatic carbocycles. The third kappa shape index (κ3) is 3.42. The summed E-state index contributed by atoms with van der Waals surface area (Å²) in [6.45, 7) is 0. The zero-order valence-corrected chi connectivity index (χ0v) is 11.2. The maximum atomic E-state index is 11.9. The Morgan fingerprint density at radius 1 is 1.05 bits per heavy atom. The first-order chi connectivity index (χ1) is 9.12. The van der Waals surface area contributed by atoms with Crippen molar-refractivity contribution in [2.45, 2.75) is 4.90 Å². The van der Waals surface area contributed by atoms with E-state index in [1.165, 1.54) is 18.3 Å². The van der Waals surface area contributed by atoms with Gasteiger partial charge in [0, 0.05) is 6.21 Å². The molecule has 0 N–H and O–H groups in total. The lowest BCUT2D eigenvalue weighted by atomic mass is 10.2. The van der Waals surface area contributed by atoms with Crippen molar-refractivity contribution < 1.29 is 13.2 Å². The van der Waals surface area contributed by atoms with E-state index in [-0.39, 0.29) is 4.90 Å². The van der Waals surface area contributed by atoms with Gasteiger partial charge in [-0.25, -0.2) is 0 Å². The number of nitrogens with zero attached hydrogens (tertiary/aromatic N) is 1. The lowest BCUT2D eigenvalue weighted by Crippen LogP contribution is -1.97. The number of ether oxygens (including phenoxy) is 1. The van der Waals surface area contributed by atoms with E-state index in [4.69, 9.17) is 4.74 Å². The minimum absolute atomic E-state index is 0.175. The summed E-state index contributed by atoms with van der Waals surface area (Å²) in [5, 5.41) is 0. The molecule has 0 saturated carbocycles. The van der Waals surface area contributed by atoms with Crippen LogP contribution >= 0.6 is 0 Å². The Kier molecular flexibility index (Phi) is 3.97. The number of rotatable bonds is 4. The lowest BCUT2D eigenvalue weighted by molar-refractivity contribution is 0.415. The van der Waals surface area contributed by atoms with Crippen LogP contribution in [0.5, 0.6) is 5.75 Å². The summed E-state index contributed by atoms with van der Waals surface area (Å²) >= 11 is 0. The van der Waals surface area contributed by atoms with Crippen molar-refractivity contribution in [3.05, 3.63) is 60.2 Å². The first-order valence-corrected chi connectivity index (χ1v) is 7.05. The highest BCUT2D eigenvalue weighted by Crippen LogP contribution is 2.13. The van der Waals surface area contributed by atoms with Crippen molar-refractivity contribution in [1.82, 2.24) is 0 Å². The highest BCUT2D eigenvalue weighted by atomic mass is 32.2. The minimum atomic E-state index is -3.65. The summed E-state index contributed by atoms with van der Waals surface area (Å²) in [4.78, 5) is 0.175. The molecule has 5 heteroatoms. The van der Waals surface area contributed by atoms with Gasteiger partial charge in [0.05, 0.1) is 12.0 Å². The van der Waals surface area contributed by atoms with Crippen molar-refractivity contribution in [3.8, 4) is 5.75 Å². The van der Waals surface area contributed by atoms with Gasteiger partial charge in [-0.15, -0.1) is 0 Å². The zero-order valence-electron chi connectivity index (χ0n) is 10.4. The van der Waals surface area contributed by atoms with E-state index in [0.29, 0.717) is 11.3 Å². The second-order valence-electron chi connectivity index (χ2n) is 3.80. The maximum Gasteiger partial charge on any atom is 0.282 e. The van der Waals surface area contributed by atoms with Crippen LogP contribution in [0.3, 0.4) is 0 Å². The van der Waals surface area contributed by atoms with Crippen molar-refractivity contribution in [1.29, 1.82) is 0 Å². The van der Waals surface area contributed by atoms with Gasteiger partial charge in [-0.2, -0.15) is 12.8 Å². The van der Waals surface area contributed by atoms with Crippen LogP contribution in [0.2, 0.25) is 0 Å². The van der Waals surface area contributed by atoms with E-state index in [0.717, 1.165) is 0 Å².